The van der Waals surface area contributed by atoms with Gasteiger partial charge in [-0.3, -0.25) is 4.90 Å². The maximum atomic E-state index is 5.34. The number of aromatic nitrogens is 3. The average molecular weight is 330 g/mol. The molecule has 7 heteroatoms. The van der Waals surface area contributed by atoms with Crippen LogP contribution >= 0.6 is 11.3 Å². The quantitative estimate of drug-likeness (QED) is 0.692. The number of nitrogens with zero attached hydrogens (tertiary/aromatic N) is 4. The van der Waals surface area contributed by atoms with Crippen molar-refractivity contribution in [3.63, 3.8) is 0 Å². The van der Waals surface area contributed by atoms with Crippen molar-refractivity contribution in [3.8, 4) is 17.1 Å². The van der Waals surface area contributed by atoms with Crippen LogP contribution in [0.25, 0.3) is 11.4 Å². The van der Waals surface area contributed by atoms with Gasteiger partial charge in [0.25, 0.3) is 0 Å². The Balaban J connectivity index is 1.66. The fraction of sp³-hybridized carbons (Fsp3) is 0.312. The van der Waals surface area contributed by atoms with Crippen LogP contribution in [0.5, 0.6) is 5.75 Å². The molecule has 0 aliphatic heterocycles. The fourth-order valence-electron chi connectivity index (χ4n) is 2.24. The van der Waals surface area contributed by atoms with Crippen LogP contribution in [0.1, 0.15) is 16.6 Å². The highest BCUT2D eigenvalue weighted by atomic mass is 32.1. The van der Waals surface area contributed by atoms with Crippen molar-refractivity contribution in [2.45, 2.75) is 20.0 Å². The number of rotatable bonds is 6. The van der Waals surface area contributed by atoms with Crippen LogP contribution in [0, 0.1) is 6.92 Å². The molecule has 3 rings (SSSR count). The summed E-state index contributed by atoms with van der Waals surface area (Å²) in [5, 5.41) is 7.19. The van der Waals surface area contributed by atoms with Gasteiger partial charge in [0.05, 0.1) is 24.4 Å². The molecule has 0 fully saturated rings. The summed E-state index contributed by atoms with van der Waals surface area (Å²) >= 11 is 1.66. The normalized spacial score (nSPS) is 11.1. The van der Waals surface area contributed by atoms with Crippen molar-refractivity contribution < 1.29 is 9.26 Å². The van der Waals surface area contributed by atoms with Gasteiger partial charge in [0.15, 0.2) is 0 Å². The maximum Gasteiger partial charge on any atom is 0.241 e. The van der Waals surface area contributed by atoms with E-state index in [1.165, 1.54) is 0 Å². The van der Waals surface area contributed by atoms with Crippen molar-refractivity contribution in [1.29, 1.82) is 0 Å². The van der Waals surface area contributed by atoms with Crippen LogP contribution < -0.4 is 4.74 Å². The lowest BCUT2D eigenvalue weighted by molar-refractivity contribution is 0.259. The van der Waals surface area contributed by atoms with E-state index >= 15 is 0 Å². The zero-order valence-corrected chi connectivity index (χ0v) is 14.1. The first kappa shape index (κ1) is 15.6. The van der Waals surface area contributed by atoms with E-state index in [9.17, 15) is 0 Å². The molecule has 0 spiro atoms. The Labute approximate surface area is 138 Å². The molecule has 0 saturated heterocycles. The van der Waals surface area contributed by atoms with Crippen molar-refractivity contribution in [1.82, 2.24) is 20.0 Å². The average Bonchev–Trinajstić information content (AvgIpc) is 3.16. The summed E-state index contributed by atoms with van der Waals surface area (Å²) in [4.78, 5) is 11.0. The van der Waals surface area contributed by atoms with Gasteiger partial charge in [-0.2, -0.15) is 4.98 Å². The highest BCUT2D eigenvalue weighted by Gasteiger charge is 2.12. The van der Waals surface area contributed by atoms with Crippen molar-refractivity contribution in [3.05, 3.63) is 46.2 Å². The first-order valence-corrected chi connectivity index (χ1v) is 8.08. The molecule has 0 aliphatic carbocycles. The number of thiazole rings is 1. The van der Waals surface area contributed by atoms with Crippen LogP contribution in [0.3, 0.4) is 0 Å². The van der Waals surface area contributed by atoms with Crippen LogP contribution in [-0.2, 0) is 13.1 Å². The van der Waals surface area contributed by atoms with Crippen molar-refractivity contribution in [2.24, 2.45) is 0 Å². The Morgan fingerprint density at radius 3 is 2.87 bits per heavy atom. The third-order valence-corrected chi connectivity index (χ3v) is 4.12. The van der Waals surface area contributed by atoms with E-state index in [1.54, 1.807) is 18.4 Å². The number of hydrogen-bond donors (Lipinski definition) is 0. The predicted molar refractivity (Wildman–Crippen MR) is 88.3 cm³/mol. The van der Waals surface area contributed by atoms with Crippen LogP contribution in [0.15, 0.2) is 34.2 Å². The lowest BCUT2D eigenvalue weighted by atomic mass is 10.2. The van der Waals surface area contributed by atoms with Gasteiger partial charge in [-0.1, -0.05) is 17.3 Å². The molecule has 3 aromatic rings. The van der Waals surface area contributed by atoms with Crippen LogP contribution in [0.2, 0.25) is 0 Å². The summed E-state index contributed by atoms with van der Waals surface area (Å²) in [6, 6.07) is 7.60. The van der Waals surface area contributed by atoms with E-state index in [1.807, 2.05) is 38.2 Å². The summed E-state index contributed by atoms with van der Waals surface area (Å²) in [5.74, 6) is 1.92. The van der Waals surface area contributed by atoms with Crippen molar-refractivity contribution in [2.75, 3.05) is 14.2 Å². The van der Waals surface area contributed by atoms with Gasteiger partial charge in [-0.15, -0.1) is 11.3 Å². The standard InChI is InChI=1S/C16H18N4O2S/c1-11-17-13(10-23-11)8-20(2)9-15-18-16(19-22-15)12-5-4-6-14(7-12)21-3/h4-7,10H,8-9H2,1-3H3. The number of aryl methyl sites for hydroxylation is 1. The molecular formula is C16H18N4O2S. The second-order valence-electron chi connectivity index (χ2n) is 5.27. The third-order valence-electron chi connectivity index (χ3n) is 3.30. The van der Waals surface area contributed by atoms with E-state index in [-0.39, 0.29) is 0 Å². The molecule has 1 aromatic carbocycles. The van der Waals surface area contributed by atoms with E-state index in [4.69, 9.17) is 9.26 Å². The second-order valence-corrected chi connectivity index (χ2v) is 6.34. The molecule has 120 valence electrons. The van der Waals surface area contributed by atoms with Gasteiger partial charge in [0, 0.05) is 17.5 Å². The van der Waals surface area contributed by atoms with Crippen LogP contribution in [0.4, 0.5) is 0 Å². The maximum absolute atomic E-state index is 5.34. The molecule has 0 radical (unpaired) electrons. The lowest BCUT2D eigenvalue weighted by Gasteiger charge is -2.11. The minimum absolute atomic E-state index is 0.566. The Morgan fingerprint density at radius 1 is 1.26 bits per heavy atom. The topological polar surface area (TPSA) is 64.3 Å². The molecule has 6 nitrogen and oxygen atoms in total. The zero-order chi connectivity index (χ0) is 16.2. The largest absolute Gasteiger partial charge is 0.497 e. The summed E-state index contributed by atoms with van der Waals surface area (Å²) < 4.78 is 10.6. The lowest BCUT2D eigenvalue weighted by Crippen LogP contribution is -2.17. The van der Waals surface area contributed by atoms with E-state index in [0.29, 0.717) is 18.3 Å². The minimum atomic E-state index is 0.566. The summed E-state index contributed by atoms with van der Waals surface area (Å²) in [6.45, 7) is 3.33. The summed E-state index contributed by atoms with van der Waals surface area (Å²) in [6.07, 6.45) is 0. The van der Waals surface area contributed by atoms with Gasteiger partial charge in [0.2, 0.25) is 11.7 Å². The Hall–Kier alpha value is -2.25. The molecule has 0 aliphatic rings. The number of methoxy groups -OCH3 is 1. The van der Waals surface area contributed by atoms with E-state index in [0.717, 1.165) is 28.6 Å². The second kappa shape index (κ2) is 6.89. The Morgan fingerprint density at radius 2 is 2.13 bits per heavy atom. The number of ether oxygens (including phenoxy) is 1. The molecule has 2 aromatic heterocycles. The molecular weight excluding hydrogens is 312 g/mol. The van der Waals surface area contributed by atoms with Gasteiger partial charge >= 0.3 is 0 Å². The van der Waals surface area contributed by atoms with Gasteiger partial charge in [0.1, 0.15) is 5.75 Å². The van der Waals surface area contributed by atoms with Crippen molar-refractivity contribution >= 4 is 11.3 Å². The van der Waals surface area contributed by atoms with Gasteiger partial charge in [-0.25, -0.2) is 4.98 Å². The molecule has 2 heterocycles. The van der Waals surface area contributed by atoms with E-state index < -0.39 is 0 Å². The fourth-order valence-corrected chi connectivity index (χ4v) is 2.85. The minimum Gasteiger partial charge on any atom is -0.497 e. The van der Waals surface area contributed by atoms with Gasteiger partial charge < -0.3 is 9.26 Å². The molecule has 23 heavy (non-hydrogen) atoms. The number of benzene rings is 1. The smallest absolute Gasteiger partial charge is 0.241 e. The summed E-state index contributed by atoms with van der Waals surface area (Å²) in [5.41, 5.74) is 1.93. The molecule has 0 amide bonds. The third kappa shape index (κ3) is 3.94. The molecule has 0 N–H and O–H groups in total. The van der Waals surface area contributed by atoms with Crippen LogP contribution in [-0.4, -0.2) is 34.2 Å². The highest BCUT2D eigenvalue weighted by molar-refractivity contribution is 7.09. The monoisotopic (exact) mass is 330 g/mol. The predicted octanol–water partition coefficient (Wildman–Crippen LogP) is 3.14. The molecule has 0 atom stereocenters. The Kier molecular flexibility index (Phi) is 4.68. The first-order valence-electron chi connectivity index (χ1n) is 7.20. The first-order chi connectivity index (χ1) is 11.1. The Bertz CT molecular complexity index is 784. The van der Waals surface area contributed by atoms with Gasteiger partial charge in [-0.05, 0) is 26.1 Å². The van der Waals surface area contributed by atoms with E-state index in [2.05, 4.69) is 25.4 Å². The SMILES string of the molecule is COc1cccc(-c2noc(CN(C)Cc3csc(C)n3)n2)c1. The zero-order valence-electron chi connectivity index (χ0n) is 13.3. The number of hydrogen-bond acceptors (Lipinski definition) is 7. The summed E-state index contributed by atoms with van der Waals surface area (Å²) in [7, 11) is 3.64. The molecule has 0 unspecified atom stereocenters. The highest BCUT2D eigenvalue weighted by Crippen LogP contribution is 2.21. The molecule has 0 saturated carbocycles. The molecule has 0 bridgehead atoms.